The first-order valence-corrected chi connectivity index (χ1v) is 14.1. The van der Waals surface area contributed by atoms with E-state index in [9.17, 15) is 18.0 Å². The molecule has 0 atom stereocenters. The Bertz CT molecular complexity index is 1420. The lowest BCUT2D eigenvalue weighted by Gasteiger charge is -2.43. The molecular formula is C30H35F3N6O. The number of anilines is 2. The smallest absolute Gasteiger partial charge is 0.385 e. The van der Waals surface area contributed by atoms with E-state index >= 15 is 0 Å². The Morgan fingerprint density at radius 2 is 1.93 bits per heavy atom. The van der Waals surface area contributed by atoms with E-state index in [2.05, 4.69) is 26.9 Å². The number of nitrogens with one attached hydrogen (secondary N) is 2. The highest BCUT2D eigenvalue weighted by atomic mass is 19.4. The van der Waals surface area contributed by atoms with Gasteiger partial charge in [-0.05, 0) is 92.1 Å². The molecule has 2 fully saturated rings. The molecule has 1 aliphatic heterocycles. The van der Waals surface area contributed by atoms with Crippen LogP contribution in [0.2, 0.25) is 0 Å². The maximum Gasteiger partial charge on any atom is 0.416 e. The minimum atomic E-state index is -4.55. The molecule has 0 saturated heterocycles. The van der Waals surface area contributed by atoms with Crippen LogP contribution in [0, 0.1) is 5.92 Å². The molecule has 1 aromatic heterocycles. The minimum absolute atomic E-state index is 0.0521. The molecule has 0 spiro atoms. The molecule has 2 heterocycles. The number of fused-ring (bicyclic) bond motifs is 1. The highest BCUT2D eigenvalue weighted by Gasteiger charge is 2.43. The first-order chi connectivity index (χ1) is 19.2. The van der Waals surface area contributed by atoms with E-state index < -0.39 is 11.7 Å². The fraction of sp³-hybridized carbons (Fsp3) is 0.500. The van der Waals surface area contributed by atoms with Crippen molar-refractivity contribution >= 4 is 17.3 Å². The van der Waals surface area contributed by atoms with E-state index in [-0.39, 0.29) is 29.0 Å². The second-order valence-corrected chi connectivity index (χ2v) is 11.6. The van der Waals surface area contributed by atoms with Gasteiger partial charge in [0.25, 0.3) is 5.91 Å². The molecule has 40 heavy (non-hydrogen) atoms. The largest absolute Gasteiger partial charge is 0.416 e. The molecule has 0 bridgehead atoms. The summed E-state index contributed by atoms with van der Waals surface area (Å²) in [6, 6.07) is 8.83. The van der Waals surface area contributed by atoms with Crippen molar-refractivity contribution in [1.29, 1.82) is 0 Å². The monoisotopic (exact) mass is 552 g/mol. The number of benzene rings is 2. The number of alkyl halides is 3. The summed E-state index contributed by atoms with van der Waals surface area (Å²) in [5, 5.41) is 15.0. The summed E-state index contributed by atoms with van der Waals surface area (Å²) < 4.78 is 44.6. The first kappa shape index (κ1) is 26.8. The number of aromatic nitrogens is 3. The minimum Gasteiger partial charge on any atom is -0.385 e. The van der Waals surface area contributed by atoms with Crippen LogP contribution < -0.4 is 15.5 Å². The van der Waals surface area contributed by atoms with Crippen LogP contribution >= 0.6 is 0 Å². The lowest BCUT2D eigenvalue weighted by Crippen LogP contribution is -2.37. The van der Waals surface area contributed by atoms with Crippen LogP contribution in [0.4, 0.5) is 24.5 Å². The summed E-state index contributed by atoms with van der Waals surface area (Å²) in [6.45, 7) is 3.67. The van der Waals surface area contributed by atoms with Crippen LogP contribution in [0.5, 0.6) is 0 Å². The maximum atomic E-state index is 14.2. The average Bonchev–Trinajstić information content (AvgIpc) is 3.53. The van der Waals surface area contributed by atoms with Crippen LogP contribution in [0.1, 0.15) is 77.5 Å². The molecule has 1 amide bonds. The van der Waals surface area contributed by atoms with Gasteiger partial charge in [-0.1, -0.05) is 6.42 Å². The Balaban J connectivity index is 1.35. The number of hydrogen-bond acceptors (Lipinski definition) is 5. The number of nitrogens with zero attached hydrogens (tertiary/aromatic N) is 4. The number of hydrogen-bond donors (Lipinski definition) is 2. The Hall–Kier alpha value is -3.40. The maximum absolute atomic E-state index is 14.2. The van der Waals surface area contributed by atoms with E-state index in [4.69, 9.17) is 0 Å². The van der Waals surface area contributed by atoms with Crippen molar-refractivity contribution < 1.29 is 18.0 Å². The van der Waals surface area contributed by atoms with Gasteiger partial charge >= 0.3 is 6.18 Å². The number of rotatable bonds is 10. The standard InChI is InChI=1S/C30H35F3N6O/c1-3-35-22-11-21(29(7-4-8-29)14-27-37-36-18-38(27)2)12-23(13-22)39-17-25-24(28(39)40)9-20(10-26(25)30(31,32)33)16-34-15-19-5-6-19/h9-13,18-19,34-35H,3-8,14-17H2,1-2H3. The SMILES string of the molecule is CCNc1cc(N2Cc3c(cc(CNCC4CC4)cc3C(F)(F)F)C2=O)cc(C2(Cc3nncn3C)CCC2)c1. The van der Waals surface area contributed by atoms with Crippen LogP contribution in [0.15, 0.2) is 36.7 Å². The highest BCUT2D eigenvalue weighted by molar-refractivity contribution is 6.10. The summed E-state index contributed by atoms with van der Waals surface area (Å²) in [5.41, 5.74) is 2.34. The topological polar surface area (TPSA) is 75.1 Å². The summed E-state index contributed by atoms with van der Waals surface area (Å²) in [6.07, 6.45) is 3.20. The van der Waals surface area contributed by atoms with Crippen LogP contribution in [-0.4, -0.2) is 33.8 Å². The first-order valence-electron chi connectivity index (χ1n) is 14.1. The second kappa shape index (κ2) is 10.2. The Kier molecular flexibility index (Phi) is 6.84. The molecule has 0 unspecified atom stereocenters. The number of halogens is 3. The molecule has 212 valence electrons. The zero-order chi connectivity index (χ0) is 28.1. The van der Waals surface area contributed by atoms with Gasteiger partial charge in [-0.2, -0.15) is 13.2 Å². The van der Waals surface area contributed by atoms with E-state index in [0.29, 0.717) is 36.7 Å². The zero-order valence-corrected chi connectivity index (χ0v) is 22.9. The van der Waals surface area contributed by atoms with E-state index in [0.717, 1.165) is 55.7 Å². The Morgan fingerprint density at radius 3 is 2.55 bits per heavy atom. The van der Waals surface area contributed by atoms with Crippen LogP contribution in [0.3, 0.4) is 0 Å². The molecule has 3 aromatic rings. The fourth-order valence-corrected chi connectivity index (χ4v) is 6.09. The quantitative estimate of drug-likeness (QED) is 0.343. The number of carbonyl (C=O) groups excluding carboxylic acids is 1. The van der Waals surface area contributed by atoms with Crippen molar-refractivity contribution in [3.05, 3.63) is 70.3 Å². The molecule has 6 rings (SSSR count). The summed E-state index contributed by atoms with van der Waals surface area (Å²) >= 11 is 0. The molecule has 2 saturated carbocycles. The van der Waals surface area contributed by atoms with Crippen molar-refractivity contribution in [3.8, 4) is 0 Å². The molecule has 2 aromatic carbocycles. The van der Waals surface area contributed by atoms with Gasteiger partial charge in [0.15, 0.2) is 0 Å². The van der Waals surface area contributed by atoms with Crippen LogP contribution in [-0.2, 0) is 38.1 Å². The molecule has 2 aliphatic carbocycles. The zero-order valence-electron chi connectivity index (χ0n) is 22.9. The third-order valence-corrected chi connectivity index (χ3v) is 8.70. The van der Waals surface area contributed by atoms with Gasteiger partial charge in [-0.25, -0.2) is 0 Å². The lowest BCUT2D eigenvalue weighted by atomic mass is 9.62. The van der Waals surface area contributed by atoms with Crippen molar-refractivity contribution in [2.75, 3.05) is 23.3 Å². The lowest BCUT2D eigenvalue weighted by molar-refractivity contribution is -0.138. The molecular weight excluding hydrogens is 517 g/mol. The molecule has 0 radical (unpaired) electrons. The Labute approximate surface area is 232 Å². The van der Waals surface area contributed by atoms with E-state index in [1.807, 2.05) is 30.7 Å². The number of aryl methyl sites for hydroxylation is 1. The summed E-state index contributed by atoms with van der Waals surface area (Å²) in [5.74, 6) is 1.11. The van der Waals surface area contributed by atoms with E-state index in [1.54, 1.807) is 12.4 Å². The van der Waals surface area contributed by atoms with Crippen molar-refractivity contribution in [1.82, 2.24) is 20.1 Å². The fourth-order valence-electron chi connectivity index (χ4n) is 6.09. The average molecular weight is 553 g/mol. The highest BCUT2D eigenvalue weighted by Crippen LogP contribution is 2.48. The van der Waals surface area contributed by atoms with Gasteiger partial charge in [-0.3, -0.25) is 4.79 Å². The van der Waals surface area contributed by atoms with Crippen LogP contribution in [0.25, 0.3) is 0 Å². The normalized spacial score (nSPS) is 18.1. The molecule has 2 N–H and O–H groups in total. The van der Waals surface area contributed by atoms with Gasteiger partial charge in [0.1, 0.15) is 12.2 Å². The number of amides is 1. The van der Waals surface area contributed by atoms with Gasteiger partial charge in [-0.15, -0.1) is 10.2 Å². The Morgan fingerprint density at radius 1 is 1.12 bits per heavy atom. The van der Waals surface area contributed by atoms with Gasteiger partial charge in [0, 0.05) is 48.9 Å². The van der Waals surface area contributed by atoms with Crippen molar-refractivity contribution in [3.63, 3.8) is 0 Å². The number of carbonyl (C=O) groups is 1. The van der Waals surface area contributed by atoms with Gasteiger partial charge in [0.2, 0.25) is 0 Å². The third-order valence-electron chi connectivity index (χ3n) is 8.70. The third kappa shape index (κ3) is 5.09. The molecule has 10 heteroatoms. The second-order valence-electron chi connectivity index (χ2n) is 11.6. The van der Waals surface area contributed by atoms with Gasteiger partial charge in [0.05, 0.1) is 12.1 Å². The summed E-state index contributed by atoms with van der Waals surface area (Å²) in [4.78, 5) is 15.2. The summed E-state index contributed by atoms with van der Waals surface area (Å²) in [7, 11) is 1.93. The van der Waals surface area contributed by atoms with Crippen molar-refractivity contribution in [2.45, 2.75) is 70.1 Å². The van der Waals surface area contributed by atoms with Gasteiger partial charge < -0.3 is 20.1 Å². The van der Waals surface area contributed by atoms with Crippen molar-refractivity contribution in [2.24, 2.45) is 13.0 Å². The molecule has 7 nitrogen and oxygen atoms in total. The van der Waals surface area contributed by atoms with E-state index in [1.165, 1.54) is 11.0 Å². The predicted octanol–water partition coefficient (Wildman–Crippen LogP) is 5.59. The predicted molar refractivity (Wildman–Crippen MR) is 147 cm³/mol. The molecule has 3 aliphatic rings.